The van der Waals surface area contributed by atoms with Gasteiger partial charge in [0.05, 0.1) is 13.0 Å². The molecule has 0 aliphatic rings. The zero-order valence-corrected chi connectivity index (χ0v) is 8.66. The van der Waals surface area contributed by atoms with E-state index in [1.807, 2.05) is 6.92 Å². The third-order valence-corrected chi connectivity index (χ3v) is 1.93. The first-order valence-corrected chi connectivity index (χ1v) is 4.39. The molecule has 76 valence electrons. The fourth-order valence-electron chi connectivity index (χ4n) is 0.963. The first-order valence-electron chi connectivity index (χ1n) is 4.39. The number of rotatable bonds is 5. The van der Waals surface area contributed by atoms with Gasteiger partial charge in [0, 0.05) is 13.5 Å². The average molecular weight is 187 g/mol. The lowest BCUT2D eigenvalue weighted by atomic mass is 10.0. The second-order valence-electron chi connectivity index (χ2n) is 2.96. The molecule has 0 aromatic carbocycles. The van der Waals surface area contributed by atoms with E-state index in [1.165, 1.54) is 14.2 Å². The summed E-state index contributed by atoms with van der Waals surface area (Å²) in [6.45, 7) is 3.52. The van der Waals surface area contributed by atoms with Crippen molar-refractivity contribution in [1.82, 2.24) is 5.06 Å². The summed E-state index contributed by atoms with van der Waals surface area (Å²) in [6, 6.07) is 0. The molecule has 0 fully saturated rings. The highest BCUT2D eigenvalue weighted by Crippen LogP contribution is 2.06. The van der Waals surface area contributed by atoms with Gasteiger partial charge in [-0.25, -0.2) is 5.06 Å². The van der Waals surface area contributed by atoms with Crippen molar-refractivity contribution in [3.8, 4) is 0 Å². The minimum atomic E-state index is -0.593. The predicted molar refractivity (Wildman–Crippen MR) is 48.9 cm³/mol. The highest BCUT2D eigenvalue weighted by molar-refractivity contribution is 6.00. The van der Waals surface area contributed by atoms with E-state index in [0.29, 0.717) is 6.42 Å². The number of ketones is 1. The quantitative estimate of drug-likeness (QED) is 0.476. The van der Waals surface area contributed by atoms with Crippen molar-refractivity contribution in [3.05, 3.63) is 0 Å². The maximum absolute atomic E-state index is 11.4. The fraction of sp³-hybridized carbons (Fsp3) is 0.778. The maximum Gasteiger partial charge on any atom is 0.256 e. The van der Waals surface area contributed by atoms with E-state index < -0.39 is 5.92 Å². The molecule has 4 heteroatoms. The molecule has 0 aliphatic heterocycles. The van der Waals surface area contributed by atoms with Crippen molar-refractivity contribution in [2.75, 3.05) is 14.2 Å². The van der Waals surface area contributed by atoms with E-state index in [9.17, 15) is 9.59 Å². The van der Waals surface area contributed by atoms with Crippen LogP contribution >= 0.6 is 0 Å². The molecule has 0 aliphatic carbocycles. The molecule has 0 saturated carbocycles. The molecule has 0 N–H and O–H groups in total. The molecule has 0 unspecified atom stereocenters. The lowest BCUT2D eigenvalue weighted by Gasteiger charge is -2.17. The topological polar surface area (TPSA) is 46.6 Å². The summed E-state index contributed by atoms with van der Waals surface area (Å²) in [6.07, 6.45) is 1.22. The number of nitrogens with zero attached hydrogens (tertiary/aromatic N) is 1. The zero-order chi connectivity index (χ0) is 10.4. The van der Waals surface area contributed by atoms with E-state index in [0.717, 1.165) is 11.5 Å². The molecule has 0 rings (SSSR count). The van der Waals surface area contributed by atoms with Gasteiger partial charge in [0.1, 0.15) is 5.78 Å². The minimum Gasteiger partial charge on any atom is -0.299 e. The zero-order valence-electron chi connectivity index (χ0n) is 8.66. The summed E-state index contributed by atoms with van der Waals surface area (Å²) in [4.78, 5) is 27.4. The Morgan fingerprint density at radius 3 is 2.38 bits per heavy atom. The number of hydrogen-bond donors (Lipinski definition) is 0. The van der Waals surface area contributed by atoms with E-state index in [-0.39, 0.29) is 11.7 Å². The van der Waals surface area contributed by atoms with Crippen LogP contribution in [0.15, 0.2) is 0 Å². The average Bonchev–Trinajstić information content (AvgIpc) is 2.14. The van der Waals surface area contributed by atoms with Gasteiger partial charge in [-0.05, 0) is 13.3 Å². The number of hydroxylamine groups is 2. The Balaban J connectivity index is 4.16. The monoisotopic (exact) mass is 187 g/mol. The molecule has 0 heterocycles. The molecular weight excluding hydrogens is 170 g/mol. The number of Topliss-reactive ketones (excluding diaryl/α,β-unsaturated/α-hetero) is 1. The second-order valence-corrected chi connectivity index (χ2v) is 2.96. The van der Waals surface area contributed by atoms with E-state index >= 15 is 0 Å². The summed E-state index contributed by atoms with van der Waals surface area (Å²) < 4.78 is 0. The SMILES string of the molecule is CCCC(=O)[C@H](C)C(=O)N(C)OC. The van der Waals surface area contributed by atoms with Gasteiger partial charge < -0.3 is 0 Å². The molecule has 1 amide bonds. The van der Waals surface area contributed by atoms with Crippen LogP contribution in [-0.2, 0) is 14.4 Å². The van der Waals surface area contributed by atoms with E-state index in [1.54, 1.807) is 6.92 Å². The Hall–Kier alpha value is -0.900. The molecule has 0 spiro atoms. The first-order chi connectivity index (χ1) is 6.04. The van der Waals surface area contributed by atoms with Gasteiger partial charge in [-0.2, -0.15) is 0 Å². The predicted octanol–water partition coefficient (Wildman–Crippen LogP) is 1.01. The number of carbonyl (C=O) groups is 2. The molecular formula is C9H17NO3. The van der Waals surface area contributed by atoms with Crippen LogP contribution in [0.2, 0.25) is 0 Å². The van der Waals surface area contributed by atoms with Crippen LogP contribution in [0.25, 0.3) is 0 Å². The summed E-state index contributed by atoms with van der Waals surface area (Å²) in [7, 11) is 2.90. The lowest BCUT2D eigenvalue weighted by Crippen LogP contribution is -2.34. The minimum absolute atomic E-state index is 0.0311. The maximum atomic E-state index is 11.4. The highest BCUT2D eigenvalue weighted by atomic mass is 16.7. The molecule has 13 heavy (non-hydrogen) atoms. The summed E-state index contributed by atoms with van der Waals surface area (Å²) >= 11 is 0. The molecule has 0 aromatic rings. The Morgan fingerprint density at radius 1 is 1.46 bits per heavy atom. The van der Waals surface area contributed by atoms with E-state index in [4.69, 9.17) is 4.84 Å². The van der Waals surface area contributed by atoms with Gasteiger partial charge in [0.2, 0.25) is 0 Å². The van der Waals surface area contributed by atoms with Gasteiger partial charge in [0.15, 0.2) is 0 Å². The van der Waals surface area contributed by atoms with Crippen LogP contribution in [0.5, 0.6) is 0 Å². The van der Waals surface area contributed by atoms with Crippen molar-refractivity contribution < 1.29 is 14.4 Å². The van der Waals surface area contributed by atoms with Crippen molar-refractivity contribution in [2.24, 2.45) is 5.92 Å². The first kappa shape index (κ1) is 12.1. The third-order valence-electron chi connectivity index (χ3n) is 1.93. The van der Waals surface area contributed by atoms with Crippen molar-refractivity contribution >= 4 is 11.7 Å². The van der Waals surface area contributed by atoms with Crippen LogP contribution in [0.1, 0.15) is 26.7 Å². The second kappa shape index (κ2) is 5.70. The van der Waals surface area contributed by atoms with Crippen molar-refractivity contribution in [1.29, 1.82) is 0 Å². The van der Waals surface area contributed by atoms with E-state index in [2.05, 4.69) is 0 Å². The van der Waals surface area contributed by atoms with Crippen LogP contribution in [0.4, 0.5) is 0 Å². The Labute approximate surface area is 78.8 Å². The van der Waals surface area contributed by atoms with Crippen LogP contribution < -0.4 is 0 Å². The Bertz CT molecular complexity index is 191. The number of amides is 1. The molecule has 1 atom stereocenters. The molecule has 0 bridgehead atoms. The molecule has 0 saturated heterocycles. The summed E-state index contributed by atoms with van der Waals surface area (Å²) in [5, 5.41) is 1.08. The van der Waals surface area contributed by atoms with Crippen LogP contribution in [0.3, 0.4) is 0 Å². The molecule has 0 aromatic heterocycles. The molecule has 4 nitrogen and oxygen atoms in total. The third kappa shape index (κ3) is 3.55. The summed E-state index contributed by atoms with van der Waals surface area (Å²) in [5.74, 6) is -0.915. The Morgan fingerprint density at radius 2 is 2.00 bits per heavy atom. The highest BCUT2D eigenvalue weighted by Gasteiger charge is 2.23. The fourth-order valence-corrected chi connectivity index (χ4v) is 0.963. The number of carbonyl (C=O) groups excluding carboxylic acids is 2. The van der Waals surface area contributed by atoms with Gasteiger partial charge in [-0.15, -0.1) is 0 Å². The van der Waals surface area contributed by atoms with Gasteiger partial charge in [-0.3, -0.25) is 14.4 Å². The standard InChI is InChI=1S/C9H17NO3/c1-5-6-8(11)7(2)9(12)10(3)13-4/h7H,5-6H2,1-4H3/t7-/m0/s1. The van der Waals surface area contributed by atoms with Crippen molar-refractivity contribution in [3.63, 3.8) is 0 Å². The lowest BCUT2D eigenvalue weighted by molar-refractivity contribution is -0.173. The van der Waals surface area contributed by atoms with Crippen LogP contribution in [0, 0.1) is 5.92 Å². The molecule has 0 radical (unpaired) electrons. The normalized spacial score (nSPS) is 12.3. The number of hydrogen-bond acceptors (Lipinski definition) is 3. The van der Waals surface area contributed by atoms with Gasteiger partial charge in [0.25, 0.3) is 5.91 Å². The largest absolute Gasteiger partial charge is 0.299 e. The van der Waals surface area contributed by atoms with Gasteiger partial charge >= 0.3 is 0 Å². The summed E-state index contributed by atoms with van der Waals surface area (Å²) in [5.41, 5.74) is 0. The van der Waals surface area contributed by atoms with Crippen molar-refractivity contribution in [2.45, 2.75) is 26.7 Å². The smallest absolute Gasteiger partial charge is 0.256 e. The van der Waals surface area contributed by atoms with Crippen LogP contribution in [-0.4, -0.2) is 30.9 Å². The Kier molecular flexibility index (Phi) is 5.30. The van der Waals surface area contributed by atoms with Gasteiger partial charge in [-0.1, -0.05) is 6.92 Å².